The summed E-state index contributed by atoms with van der Waals surface area (Å²) in [7, 11) is 0. The van der Waals surface area contributed by atoms with Gasteiger partial charge in [-0.05, 0) is 30.3 Å². The Morgan fingerprint density at radius 2 is 1.97 bits per heavy atom. The number of para-hydroxylation sites is 2. The SMILES string of the molecule is CC(=O)Nc1ccc(-c2csc(NC(=O)Cn3c(=O)cnc4ccccc43)n2)c(F)c1. The summed E-state index contributed by atoms with van der Waals surface area (Å²) in [4.78, 5) is 44.1. The molecule has 0 aliphatic heterocycles. The molecule has 0 saturated heterocycles. The number of nitrogens with zero attached hydrogens (tertiary/aromatic N) is 3. The molecule has 2 heterocycles. The first-order valence-electron chi connectivity index (χ1n) is 9.18. The molecule has 0 spiro atoms. The first-order valence-corrected chi connectivity index (χ1v) is 10.1. The van der Waals surface area contributed by atoms with Gasteiger partial charge in [-0.2, -0.15) is 0 Å². The smallest absolute Gasteiger partial charge is 0.269 e. The van der Waals surface area contributed by atoms with Crippen LogP contribution in [0.5, 0.6) is 0 Å². The summed E-state index contributed by atoms with van der Waals surface area (Å²) >= 11 is 1.14. The third kappa shape index (κ3) is 4.48. The standard InChI is InChI=1S/C21H16FN5O3S/c1-12(28)24-13-6-7-14(15(22)8-13)17-11-31-21(25-17)26-19(29)10-27-18-5-3-2-4-16(18)23-9-20(27)30/h2-9,11H,10H2,1H3,(H,24,28)(H,25,26,29). The fourth-order valence-corrected chi connectivity index (χ4v) is 3.77. The summed E-state index contributed by atoms with van der Waals surface area (Å²) in [5.41, 5.74) is 1.68. The predicted octanol–water partition coefficient (Wildman–Crippen LogP) is 3.26. The Hall–Kier alpha value is -3.92. The average molecular weight is 437 g/mol. The minimum Gasteiger partial charge on any atom is -0.326 e. The number of carbonyl (C=O) groups is 2. The number of benzene rings is 2. The lowest BCUT2D eigenvalue weighted by Gasteiger charge is -2.08. The average Bonchev–Trinajstić information content (AvgIpc) is 3.18. The molecule has 156 valence electrons. The van der Waals surface area contributed by atoms with E-state index in [2.05, 4.69) is 20.6 Å². The predicted molar refractivity (Wildman–Crippen MR) is 116 cm³/mol. The monoisotopic (exact) mass is 437 g/mol. The van der Waals surface area contributed by atoms with E-state index in [0.29, 0.717) is 22.4 Å². The third-order valence-corrected chi connectivity index (χ3v) is 5.13. The van der Waals surface area contributed by atoms with Crippen molar-refractivity contribution in [1.82, 2.24) is 14.5 Å². The lowest BCUT2D eigenvalue weighted by atomic mass is 10.1. The maximum atomic E-state index is 14.4. The van der Waals surface area contributed by atoms with Crippen LogP contribution in [0.25, 0.3) is 22.3 Å². The number of hydrogen-bond acceptors (Lipinski definition) is 6. The van der Waals surface area contributed by atoms with Gasteiger partial charge < -0.3 is 10.6 Å². The van der Waals surface area contributed by atoms with E-state index >= 15 is 0 Å². The molecular weight excluding hydrogens is 421 g/mol. The van der Waals surface area contributed by atoms with Crippen molar-refractivity contribution in [3.8, 4) is 11.3 Å². The van der Waals surface area contributed by atoms with Crippen molar-refractivity contribution in [1.29, 1.82) is 0 Å². The number of thiazole rings is 1. The van der Waals surface area contributed by atoms with Crippen molar-refractivity contribution in [2.75, 3.05) is 10.6 Å². The molecule has 4 rings (SSSR count). The van der Waals surface area contributed by atoms with E-state index in [4.69, 9.17) is 0 Å². The maximum absolute atomic E-state index is 14.4. The van der Waals surface area contributed by atoms with Gasteiger partial charge in [-0.1, -0.05) is 12.1 Å². The molecule has 0 aliphatic carbocycles. The zero-order valence-corrected chi connectivity index (χ0v) is 17.1. The van der Waals surface area contributed by atoms with Crippen LogP contribution in [0.1, 0.15) is 6.92 Å². The van der Waals surface area contributed by atoms with Gasteiger partial charge in [0.1, 0.15) is 12.4 Å². The third-order valence-electron chi connectivity index (χ3n) is 4.37. The molecule has 0 aliphatic rings. The molecule has 2 amide bonds. The number of carbonyl (C=O) groups excluding carboxylic acids is 2. The van der Waals surface area contributed by atoms with Crippen LogP contribution in [0, 0.1) is 5.82 Å². The molecular formula is C21H16FN5O3S. The summed E-state index contributed by atoms with van der Waals surface area (Å²) < 4.78 is 15.7. The van der Waals surface area contributed by atoms with Gasteiger partial charge in [0.05, 0.1) is 22.9 Å². The normalized spacial score (nSPS) is 10.8. The molecule has 0 radical (unpaired) electrons. The van der Waals surface area contributed by atoms with Crippen LogP contribution < -0.4 is 16.2 Å². The summed E-state index contributed by atoms with van der Waals surface area (Å²) in [5.74, 6) is -1.29. The van der Waals surface area contributed by atoms with Gasteiger partial charge >= 0.3 is 0 Å². The summed E-state index contributed by atoms with van der Waals surface area (Å²) in [6.45, 7) is 1.13. The van der Waals surface area contributed by atoms with Crippen LogP contribution in [0.4, 0.5) is 15.2 Å². The molecule has 0 bridgehead atoms. The Balaban J connectivity index is 1.51. The van der Waals surface area contributed by atoms with Gasteiger partial charge in [0.25, 0.3) is 5.56 Å². The van der Waals surface area contributed by atoms with Crippen LogP contribution in [-0.4, -0.2) is 26.3 Å². The lowest BCUT2D eigenvalue weighted by molar-refractivity contribution is -0.117. The Morgan fingerprint density at radius 1 is 1.16 bits per heavy atom. The van der Waals surface area contributed by atoms with Gasteiger partial charge in [0.15, 0.2) is 5.13 Å². The van der Waals surface area contributed by atoms with Gasteiger partial charge in [-0.3, -0.25) is 19.0 Å². The molecule has 0 fully saturated rings. The topological polar surface area (TPSA) is 106 Å². The largest absolute Gasteiger partial charge is 0.326 e. The van der Waals surface area contributed by atoms with Gasteiger partial charge in [0.2, 0.25) is 11.8 Å². The van der Waals surface area contributed by atoms with Crippen molar-refractivity contribution in [3.63, 3.8) is 0 Å². The molecule has 0 saturated carbocycles. The number of hydrogen-bond donors (Lipinski definition) is 2. The Kier molecular flexibility index (Phi) is 5.54. The van der Waals surface area contributed by atoms with Crippen LogP contribution in [0.2, 0.25) is 0 Å². The molecule has 8 nitrogen and oxygen atoms in total. The molecule has 4 aromatic rings. The second kappa shape index (κ2) is 8.44. The van der Waals surface area contributed by atoms with Crippen molar-refractivity contribution in [3.05, 3.63) is 70.2 Å². The molecule has 2 aromatic heterocycles. The first-order chi connectivity index (χ1) is 14.9. The molecule has 0 unspecified atom stereocenters. The van der Waals surface area contributed by atoms with E-state index in [1.807, 2.05) is 0 Å². The Bertz CT molecular complexity index is 1360. The minimum absolute atomic E-state index is 0.212. The molecule has 31 heavy (non-hydrogen) atoms. The van der Waals surface area contributed by atoms with Crippen LogP contribution >= 0.6 is 11.3 Å². The van der Waals surface area contributed by atoms with Crippen molar-refractivity contribution >= 4 is 45.0 Å². The highest BCUT2D eigenvalue weighted by atomic mass is 32.1. The van der Waals surface area contributed by atoms with Gasteiger partial charge in [-0.15, -0.1) is 11.3 Å². The molecule has 2 N–H and O–H groups in total. The number of nitrogens with one attached hydrogen (secondary N) is 2. The van der Waals surface area contributed by atoms with E-state index in [1.54, 1.807) is 35.7 Å². The van der Waals surface area contributed by atoms with Crippen LogP contribution in [-0.2, 0) is 16.1 Å². The second-order valence-electron chi connectivity index (χ2n) is 6.63. The van der Waals surface area contributed by atoms with Crippen molar-refractivity contribution in [2.24, 2.45) is 0 Å². The molecule has 10 heteroatoms. The molecule has 0 atom stereocenters. The lowest BCUT2D eigenvalue weighted by Crippen LogP contribution is -2.27. The maximum Gasteiger partial charge on any atom is 0.269 e. The molecule has 2 aromatic carbocycles. The van der Waals surface area contributed by atoms with E-state index in [0.717, 1.165) is 11.3 Å². The fraction of sp³-hybridized carbons (Fsp3) is 0.0952. The first kappa shape index (κ1) is 20.4. The Morgan fingerprint density at radius 3 is 2.74 bits per heavy atom. The number of amides is 2. The minimum atomic E-state index is -0.552. The number of halogens is 1. The number of fused-ring (bicyclic) bond motifs is 1. The fourth-order valence-electron chi connectivity index (χ4n) is 3.04. The van der Waals surface area contributed by atoms with Crippen LogP contribution in [0.3, 0.4) is 0 Å². The highest BCUT2D eigenvalue weighted by Crippen LogP contribution is 2.28. The highest BCUT2D eigenvalue weighted by Gasteiger charge is 2.14. The zero-order chi connectivity index (χ0) is 22.0. The summed E-state index contributed by atoms with van der Waals surface area (Å²) in [6.07, 6.45) is 1.17. The zero-order valence-electron chi connectivity index (χ0n) is 16.3. The van der Waals surface area contributed by atoms with E-state index in [1.165, 1.54) is 29.8 Å². The highest BCUT2D eigenvalue weighted by molar-refractivity contribution is 7.14. The summed E-state index contributed by atoms with van der Waals surface area (Å²) in [5, 5.41) is 7.03. The van der Waals surface area contributed by atoms with Crippen LogP contribution in [0.15, 0.2) is 58.8 Å². The number of anilines is 2. The quantitative estimate of drug-likeness (QED) is 0.499. The summed E-state index contributed by atoms with van der Waals surface area (Å²) in [6, 6.07) is 11.3. The van der Waals surface area contributed by atoms with E-state index < -0.39 is 17.3 Å². The van der Waals surface area contributed by atoms with Crippen molar-refractivity contribution < 1.29 is 14.0 Å². The van der Waals surface area contributed by atoms with E-state index in [9.17, 15) is 18.8 Å². The van der Waals surface area contributed by atoms with Gasteiger partial charge in [-0.25, -0.2) is 14.4 Å². The van der Waals surface area contributed by atoms with E-state index in [-0.39, 0.29) is 23.1 Å². The van der Waals surface area contributed by atoms with Crippen molar-refractivity contribution in [2.45, 2.75) is 13.5 Å². The van der Waals surface area contributed by atoms with Gasteiger partial charge in [0, 0.05) is 23.6 Å². The number of rotatable bonds is 5. The second-order valence-corrected chi connectivity index (χ2v) is 7.49. The Labute approximate surface area is 179 Å². The number of aromatic nitrogens is 3.